The van der Waals surface area contributed by atoms with Gasteiger partial charge in [0.1, 0.15) is 6.23 Å². The third-order valence-electron chi connectivity index (χ3n) is 1.83. The van der Waals surface area contributed by atoms with E-state index < -0.39 is 6.23 Å². The first-order valence-electron chi connectivity index (χ1n) is 4.91. The van der Waals surface area contributed by atoms with E-state index in [2.05, 4.69) is 19.1 Å². The van der Waals surface area contributed by atoms with Crippen molar-refractivity contribution in [1.82, 2.24) is 4.31 Å². The van der Waals surface area contributed by atoms with Crippen molar-refractivity contribution in [3.05, 3.63) is 30.3 Å². The van der Waals surface area contributed by atoms with E-state index in [1.54, 1.807) is 18.9 Å². The maximum absolute atomic E-state index is 9.51. The van der Waals surface area contributed by atoms with E-state index >= 15 is 0 Å². The maximum Gasteiger partial charge on any atom is 0.113 e. The van der Waals surface area contributed by atoms with Gasteiger partial charge in [-0.1, -0.05) is 25.1 Å². The molecule has 3 heteroatoms. The molecule has 1 atom stereocenters. The summed E-state index contributed by atoms with van der Waals surface area (Å²) >= 11 is 1.60. The molecule has 0 spiro atoms. The first-order valence-corrected chi connectivity index (χ1v) is 5.69. The Balaban J connectivity index is 2.55. The Kier molecular flexibility index (Phi) is 5.01. The number of aliphatic hydroxyl groups excluding tert-OH is 1. The van der Waals surface area contributed by atoms with Crippen LogP contribution in [0.25, 0.3) is 0 Å². The Hall–Kier alpha value is -0.510. The van der Waals surface area contributed by atoms with Crippen LogP contribution in [0.4, 0.5) is 0 Å². The second-order valence-corrected chi connectivity index (χ2v) is 4.30. The summed E-state index contributed by atoms with van der Waals surface area (Å²) in [6.45, 7) is 4.81. The van der Waals surface area contributed by atoms with Crippen molar-refractivity contribution in [2.24, 2.45) is 0 Å². The van der Waals surface area contributed by atoms with E-state index in [1.807, 2.05) is 22.5 Å². The highest BCUT2D eigenvalue weighted by molar-refractivity contribution is 7.97. The Bertz CT molecular complexity index is 251. The quantitative estimate of drug-likeness (QED) is 0.598. The van der Waals surface area contributed by atoms with Gasteiger partial charge in [-0.25, -0.2) is 4.31 Å². The fraction of sp³-hybridized carbons (Fsp3) is 0.455. The first-order chi connectivity index (χ1) is 6.74. The average Bonchev–Trinajstić information content (AvgIpc) is 2.18. The Morgan fingerprint density at radius 1 is 1.36 bits per heavy atom. The highest BCUT2D eigenvalue weighted by Gasteiger charge is 2.10. The van der Waals surface area contributed by atoms with Crippen LogP contribution in [-0.2, 0) is 0 Å². The van der Waals surface area contributed by atoms with Crippen molar-refractivity contribution < 1.29 is 5.11 Å². The summed E-state index contributed by atoms with van der Waals surface area (Å²) in [4.78, 5) is 1.17. The molecule has 0 heterocycles. The summed E-state index contributed by atoms with van der Waals surface area (Å²) in [7, 11) is 0. The number of hydrogen-bond acceptors (Lipinski definition) is 3. The minimum absolute atomic E-state index is 0.403. The maximum atomic E-state index is 9.51. The fourth-order valence-corrected chi connectivity index (χ4v) is 2.12. The van der Waals surface area contributed by atoms with Crippen molar-refractivity contribution in [3.63, 3.8) is 0 Å². The monoisotopic (exact) mass is 211 g/mol. The zero-order chi connectivity index (χ0) is 10.4. The van der Waals surface area contributed by atoms with Crippen LogP contribution < -0.4 is 0 Å². The topological polar surface area (TPSA) is 23.5 Å². The molecule has 78 valence electrons. The summed E-state index contributed by atoms with van der Waals surface area (Å²) < 4.78 is 1.98. The normalized spacial score (nSPS) is 13.1. The molecule has 0 aromatic heterocycles. The molecule has 2 nitrogen and oxygen atoms in total. The molecule has 0 aliphatic rings. The zero-order valence-corrected chi connectivity index (χ0v) is 9.50. The molecule has 0 radical (unpaired) electrons. The molecule has 0 saturated carbocycles. The Labute approximate surface area is 90.1 Å². The van der Waals surface area contributed by atoms with Crippen LogP contribution in [-0.4, -0.2) is 22.2 Å². The predicted molar refractivity (Wildman–Crippen MR) is 61.0 cm³/mol. The van der Waals surface area contributed by atoms with Crippen LogP contribution in [0.2, 0.25) is 0 Å². The highest BCUT2D eigenvalue weighted by Crippen LogP contribution is 2.23. The lowest BCUT2D eigenvalue weighted by Gasteiger charge is -2.23. The minimum Gasteiger partial charge on any atom is -0.378 e. The molecule has 1 rings (SSSR count). The first kappa shape index (κ1) is 11.6. The molecule has 1 aromatic rings. The lowest BCUT2D eigenvalue weighted by Crippen LogP contribution is -2.26. The summed E-state index contributed by atoms with van der Waals surface area (Å²) in [5.41, 5.74) is 0. The Morgan fingerprint density at radius 2 is 2.00 bits per heavy atom. The van der Waals surface area contributed by atoms with Crippen LogP contribution in [0.15, 0.2) is 35.2 Å². The minimum atomic E-state index is -0.403. The number of hydrogen-bond donors (Lipinski definition) is 1. The zero-order valence-electron chi connectivity index (χ0n) is 8.68. The molecule has 0 bridgehead atoms. The van der Waals surface area contributed by atoms with Gasteiger partial charge in [-0.2, -0.15) is 0 Å². The van der Waals surface area contributed by atoms with E-state index in [9.17, 15) is 5.11 Å². The average molecular weight is 211 g/mol. The SMILES string of the molecule is CCCN(Sc1ccccc1)C(C)O. The van der Waals surface area contributed by atoms with Crippen LogP contribution >= 0.6 is 11.9 Å². The van der Waals surface area contributed by atoms with Crippen LogP contribution in [0.1, 0.15) is 20.3 Å². The van der Waals surface area contributed by atoms with Gasteiger partial charge in [-0.05, 0) is 37.4 Å². The van der Waals surface area contributed by atoms with Gasteiger partial charge in [-0.15, -0.1) is 0 Å². The van der Waals surface area contributed by atoms with Crippen molar-refractivity contribution in [3.8, 4) is 0 Å². The molecule has 0 aliphatic carbocycles. The third kappa shape index (κ3) is 3.70. The molecule has 0 fully saturated rings. The molecule has 14 heavy (non-hydrogen) atoms. The molecular weight excluding hydrogens is 194 g/mol. The second kappa shape index (κ2) is 6.06. The van der Waals surface area contributed by atoms with E-state index in [0.717, 1.165) is 13.0 Å². The van der Waals surface area contributed by atoms with Gasteiger partial charge in [0.05, 0.1) is 0 Å². The van der Waals surface area contributed by atoms with Gasteiger partial charge in [0.2, 0.25) is 0 Å². The number of nitrogens with zero attached hydrogens (tertiary/aromatic N) is 1. The third-order valence-corrected chi connectivity index (χ3v) is 3.03. The smallest absolute Gasteiger partial charge is 0.113 e. The summed E-state index contributed by atoms with van der Waals surface area (Å²) in [6, 6.07) is 10.1. The number of rotatable bonds is 5. The van der Waals surface area contributed by atoms with Crippen molar-refractivity contribution in [1.29, 1.82) is 0 Å². The summed E-state index contributed by atoms with van der Waals surface area (Å²) in [5, 5.41) is 9.51. The van der Waals surface area contributed by atoms with Gasteiger partial charge < -0.3 is 5.11 Å². The van der Waals surface area contributed by atoms with Crippen LogP contribution in [0.3, 0.4) is 0 Å². The molecule has 0 aliphatic heterocycles. The van der Waals surface area contributed by atoms with E-state index in [4.69, 9.17) is 0 Å². The molecular formula is C11H17NOS. The van der Waals surface area contributed by atoms with E-state index in [-0.39, 0.29) is 0 Å². The summed E-state index contributed by atoms with van der Waals surface area (Å²) in [6.07, 6.45) is 0.644. The van der Waals surface area contributed by atoms with E-state index in [0.29, 0.717) is 0 Å². The number of aliphatic hydroxyl groups is 1. The predicted octanol–water partition coefficient (Wildman–Crippen LogP) is 2.74. The fourth-order valence-electron chi connectivity index (χ4n) is 1.15. The molecule has 0 saturated heterocycles. The second-order valence-electron chi connectivity index (χ2n) is 3.18. The van der Waals surface area contributed by atoms with Gasteiger partial charge in [0.25, 0.3) is 0 Å². The van der Waals surface area contributed by atoms with Gasteiger partial charge >= 0.3 is 0 Å². The number of benzene rings is 1. The van der Waals surface area contributed by atoms with Crippen LogP contribution in [0.5, 0.6) is 0 Å². The Morgan fingerprint density at radius 3 is 2.50 bits per heavy atom. The van der Waals surface area contributed by atoms with Gasteiger partial charge in [0, 0.05) is 11.4 Å². The largest absolute Gasteiger partial charge is 0.378 e. The molecule has 1 unspecified atom stereocenters. The standard InChI is InChI=1S/C11H17NOS/c1-3-9-12(10(2)13)14-11-7-5-4-6-8-11/h4-8,10,13H,3,9H2,1-2H3. The lowest BCUT2D eigenvalue weighted by atomic mass is 10.4. The van der Waals surface area contributed by atoms with Crippen molar-refractivity contribution >= 4 is 11.9 Å². The van der Waals surface area contributed by atoms with Crippen molar-refractivity contribution in [2.45, 2.75) is 31.4 Å². The molecule has 0 amide bonds. The van der Waals surface area contributed by atoms with E-state index in [1.165, 1.54) is 4.90 Å². The van der Waals surface area contributed by atoms with Gasteiger partial charge in [0.15, 0.2) is 0 Å². The summed E-state index contributed by atoms with van der Waals surface area (Å²) in [5.74, 6) is 0. The molecule has 1 aromatic carbocycles. The van der Waals surface area contributed by atoms with Crippen molar-refractivity contribution in [2.75, 3.05) is 6.54 Å². The highest BCUT2D eigenvalue weighted by atomic mass is 32.2. The molecule has 1 N–H and O–H groups in total. The van der Waals surface area contributed by atoms with Crippen LogP contribution in [0, 0.1) is 0 Å². The van der Waals surface area contributed by atoms with Gasteiger partial charge in [-0.3, -0.25) is 0 Å². The lowest BCUT2D eigenvalue weighted by molar-refractivity contribution is 0.0885.